The summed E-state index contributed by atoms with van der Waals surface area (Å²) in [5.41, 5.74) is 6.19. The van der Waals surface area contributed by atoms with Gasteiger partial charge in [0, 0.05) is 11.4 Å². The van der Waals surface area contributed by atoms with E-state index in [9.17, 15) is 9.18 Å². The number of aliphatic imine (C=N–C) groups is 1. The van der Waals surface area contributed by atoms with Gasteiger partial charge >= 0.3 is 0 Å². The maximum absolute atomic E-state index is 14.0. The number of rotatable bonds is 7. The minimum absolute atomic E-state index is 0.00888. The van der Waals surface area contributed by atoms with Gasteiger partial charge in [0.25, 0.3) is 0 Å². The molecule has 7 heteroatoms. The van der Waals surface area contributed by atoms with Gasteiger partial charge in [-0.2, -0.15) is 0 Å². The van der Waals surface area contributed by atoms with E-state index in [-0.39, 0.29) is 22.3 Å². The van der Waals surface area contributed by atoms with Crippen LogP contribution in [0.2, 0.25) is 10.0 Å². The number of Topliss-reactive ketones (excluding diaryl/α,β-unsaturated/α-hetero) is 1. The van der Waals surface area contributed by atoms with E-state index in [1.54, 1.807) is 24.3 Å². The number of hydrogen-bond acceptors (Lipinski definition) is 3. The number of para-hydroxylation sites is 1. The summed E-state index contributed by atoms with van der Waals surface area (Å²) >= 11 is 11.8. The average molecular weight is 382 g/mol. The van der Waals surface area contributed by atoms with Gasteiger partial charge in [0.2, 0.25) is 0 Å². The highest BCUT2D eigenvalue weighted by Crippen LogP contribution is 2.22. The SMILES string of the molecule is CCCCC(=O)C(=Nc1ccc(Cl)cc1F)NNc1ccccc1Cl. The zero-order valence-corrected chi connectivity index (χ0v) is 15.2. The molecule has 132 valence electrons. The first-order valence-corrected chi connectivity index (χ1v) is 8.60. The van der Waals surface area contributed by atoms with Gasteiger partial charge in [-0.25, -0.2) is 9.38 Å². The monoisotopic (exact) mass is 381 g/mol. The van der Waals surface area contributed by atoms with Gasteiger partial charge < -0.3 is 0 Å². The summed E-state index contributed by atoms with van der Waals surface area (Å²) in [6, 6.07) is 11.1. The molecule has 2 N–H and O–H groups in total. The van der Waals surface area contributed by atoms with Crippen molar-refractivity contribution in [3.05, 3.63) is 58.3 Å². The van der Waals surface area contributed by atoms with Crippen LogP contribution in [0.25, 0.3) is 0 Å². The van der Waals surface area contributed by atoms with Gasteiger partial charge in [-0.3, -0.25) is 15.6 Å². The van der Waals surface area contributed by atoms with Gasteiger partial charge in [-0.1, -0.05) is 48.7 Å². The molecule has 2 rings (SSSR count). The third kappa shape index (κ3) is 5.73. The summed E-state index contributed by atoms with van der Waals surface area (Å²) in [7, 11) is 0. The fraction of sp³-hybridized carbons (Fsp3) is 0.222. The highest BCUT2D eigenvalue weighted by molar-refractivity contribution is 6.39. The van der Waals surface area contributed by atoms with Gasteiger partial charge in [0.15, 0.2) is 11.6 Å². The lowest BCUT2D eigenvalue weighted by Crippen LogP contribution is -2.35. The summed E-state index contributed by atoms with van der Waals surface area (Å²) in [6.07, 6.45) is 1.89. The molecular weight excluding hydrogens is 364 g/mol. The minimum atomic E-state index is -0.604. The lowest BCUT2D eigenvalue weighted by Gasteiger charge is -2.13. The molecule has 0 bridgehead atoms. The van der Waals surface area contributed by atoms with Crippen LogP contribution < -0.4 is 10.9 Å². The highest BCUT2D eigenvalue weighted by atomic mass is 35.5. The van der Waals surface area contributed by atoms with E-state index in [0.717, 1.165) is 12.5 Å². The molecule has 0 atom stereocenters. The zero-order valence-electron chi connectivity index (χ0n) is 13.7. The molecule has 2 aromatic carbocycles. The Bertz CT molecular complexity index is 781. The molecule has 0 aromatic heterocycles. The van der Waals surface area contributed by atoms with Crippen LogP contribution >= 0.6 is 23.2 Å². The third-order valence-electron chi connectivity index (χ3n) is 3.35. The Balaban J connectivity index is 2.24. The summed E-state index contributed by atoms with van der Waals surface area (Å²) in [4.78, 5) is 16.5. The molecule has 0 aliphatic heterocycles. The smallest absolute Gasteiger partial charge is 0.199 e. The Morgan fingerprint density at radius 1 is 1.20 bits per heavy atom. The van der Waals surface area contributed by atoms with E-state index >= 15 is 0 Å². The molecule has 25 heavy (non-hydrogen) atoms. The lowest BCUT2D eigenvalue weighted by molar-refractivity contribution is -0.113. The van der Waals surface area contributed by atoms with Crippen LogP contribution in [-0.4, -0.2) is 11.6 Å². The van der Waals surface area contributed by atoms with E-state index in [1.165, 1.54) is 12.1 Å². The summed E-state index contributed by atoms with van der Waals surface area (Å²) in [5.74, 6) is -0.821. The van der Waals surface area contributed by atoms with Crippen molar-refractivity contribution in [3.8, 4) is 0 Å². The van der Waals surface area contributed by atoms with Crippen molar-refractivity contribution in [3.63, 3.8) is 0 Å². The van der Waals surface area contributed by atoms with Crippen LogP contribution in [-0.2, 0) is 4.79 Å². The normalized spacial score (nSPS) is 11.3. The largest absolute Gasteiger partial charge is 0.298 e. The molecule has 0 radical (unpaired) electrons. The number of halogens is 3. The lowest BCUT2D eigenvalue weighted by atomic mass is 10.2. The number of hydrazine groups is 1. The first-order chi connectivity index (χ1) is 12.0. The van der Waals surface area contributed by atoms with Crippen LogP contribution in [0, 0.1) is 5.82 Å². The number of nitrogens with one attached hydrogen (secondary N) is 2. The molecular formula is C18H18Cl2FN3O. The van der Waals surface area contributed by atoms with Gasteiger partial charge in [0.05, 0.1) is 10.7 Å². The second kappa shape index (κ2) is 9.39. The number of benzene rings is 2. The minimum Gasteiger partial charge on any atom is -0.298 e. The number of nitrogens with zero attached hydrogens (tertiary/aromatic N) is 1. The second-order valence-electron chi connectivity index (χ2n) is 5.31. The molecule has 4 nitrogen and oxygen atoms in total. The van der Waals surface area contributed by atoms with Crippen molar-refractivity contribution in [2.75, 3.05) is 5.43 Å². The van der Waals surface area contributed by atoms with E-state index < -0.39 is 5.82 Å². The number of anilines is 1. The fourth-order valence-electron chi connectivity index (χ4n) is 2.00. The van der Waals surface area contributed by atoms with Crippen LogP contribution in [0.15, 0.2) is 47.5 Å². The van der Waals surface area contributed by atoms with E-state index in [1.807, 2.05) is 6.92 Å². The predicted molar refractivity (Wildman–Crippen MR) is 101 cm³/mol. The van der Waals surface area contributed by atoms with Crippen LogP contribution in [0.4, 0.5) is 15.8 Å². The molecule has 0 saturated carbocycles. The van der Waals surface area contributed by atoms with Crippen LogP contribution in [0.1, 0.15) is 26.2 Å². The Morgan fingerprint density at radius 3 is 2.64 bits per heavy atom. The summed E-state index contributed by atoms with van der Waals surface area (Å²) < 4.78 is 14.0. The molecule has 0 amide bonds. The average Bonchev–Trinajstić information content (AvgIpc) is 2.59. The van der Waals surface area contributed by atoms with E-state index in [4.69, 9.17) is 23.2 Å². The van der Waals surface area contributed by atoms with Crippen molar-refractivity contribution in [2.45, 2.75) is 26.2 Å². The maximum atomic E-state index is 14.0. The van der Waals surface area contributed by atoms with Crippen molar-refractivity contribution < 1.29 is 9.18 Å². The maximum Gasteiger partial charge on any atom is 0.199 e. The molecule has 2 aromatic rings. The first kappa shape index (κ1) is 19.2. The second-order valence-corrected chi connectivity index (χ2v) is 6.16. The summed E-state index contributed by atoms with van der Waals surface area (Å²) in [6.45, 7) is 1.98. The number of hydrogen-bond donors (Lipinski definition) is 2. The zero-order chi connectivity index (χ0) is 18.2. The third-order valence-corrected chi connectivity index (χ3v) is 3.92. The molecule has 0 spiro atoms. The van der Waals surface area contributed by atoms with Crippen molar-refractivity contribution in [2.24, 2.45) is 4.99 Å². The van der Waals surface area contributed by atoms with E-state index in [2.05, 4.69) is 15.8 Å². The van der Waals surface area contributed by atoms with Crippen molar-refractivity contribution in [1.29, 1.82) is 0 Å². The highest BCUT2D eigenvalue weighted by Gasteiger charge is 2.13. The quantitative estimate of drug-likeness (QED) is 0.376. The number of ketones is 1. The topological polar surface area (TPSA) is 53.5 Å². The first-order valence-electron chi connectivity index (χ1n) is 7.84. The van der Waals surface area contributed by atoms with Crippen molar-refractivity contribution in [1.82, 2.24) is 5.43 Å². The standard InChI is InChI=1S/C18H18Cl2FN3O/c1-2-3-8-17(25)18(22-16-10-9-12(19)11-14(16)21)24-23-15-7-5-4-6-13(15)20/h4-7,9-11,23H,2-3,8H2,1H3,(H,22,24). The molecule has 0 saturated heterocycles. The van der Waals surface area contributed by atoms with Gasteiger partial charge in [-0.05, 0) is 36.8 Å². The Kier molecular flexibility index (Phi) is 7.22. The Hall–Kier alpha value is -2.11. The number of carbonyl (C=O) groups is 1. The molecule has 0 unspecified atom stereocenters. The van der Waals surface area contributed by atoms with Gasteiger partial charge in [-0.15, -0.1) is 0 Å². The predicted octanol–water partition coefficient (Wildman–Crippen LogP) is 5.54. The Labute approximate surface area is 156 Å². The number of amidine groups is 1. The van der Waals surface area contributed by atoms with Gasteiger partial charge in [0.1, 0.15) is 11.5 Å². The molecule has 0 fully saturated rings. The molecule has 0 aliphatic carbocycles. The van der Waals surface area contributed by atoms with Crippen LogP contribution in [0.3, 0.4) is 0 Å². The number of carbonyl (C=O) groups excluding carboxylic acids is 1. The molecule has 0 heterocycles. The van der Waals surface area contributed by atoms with Crippen LogP contribution in [0.5, 0.6) is 0 Å². The fourth-order valence-corrected chi connectivity index (χ4v) is 2.34. The Morgan fingerprint density at radius 2 is 1.96 bits per heavy atom. The van der Waals surface area contributed by atoms with Crippen molar-refractivity contribution >= 4 is 46.2 Å². The van der Waals surface area contributed by atoms with E-state index in [0.29, 0.717) is 23.6 Å². The molecule has 0 aliphatic rings. The number of unbranched alkanes of at least 4 members (excludes halogenated alkanes) is 1. The summed E-state index contributed by atoms with van der Waals surface area (Å²) in [5, 5.41) is 0.741.